The minimum absolute atomic E-state index is 0.644. The van der Waals surface area contributed by atoms with Gasteiger partial charge in [-0.15, -0.1) is 0 Å². The molecule has 102 valence electrons. The van der Waals surface area contributed by atoms with Crippen LogP contribution >= 0.6 is 0 Å². The van der Waals surface area contributed by atoms with Gasteiger partial charge in [-0.25, -0.2) is 4.98 Å². The van der Waals surface area contributed by atoms with E-state index in [0.717, 1.165) is 35.8 Å². The molecule has 0 aliphatic rings. The van der Waals surface area contributed by atoms with Crippen LogP contribution in [0.3, 0.4) is 0 Å². The third-order valence-corrected chi connectivity index (χ3v) is 2.82. The molecule has 0 fully saturated rings. The number of anilines is 2. The summed E-state index contributed by atoms with van der Waals surface area (Å²) in [6, 6.07) is 1.84. The van der Waals surface area contributed by atoms with E-state index in [1.54, 1.807) is 6.20 Å². The Hall–Kier alpha value is -2.11. The fourth-order valence-corrected chi connectivity index (χ4v) is 1.71. The highest BCUT2D eigenvalue weighted by molar-refractivity contribution is 5.40. The molecule has 0 saturated carbocycles. The number of rotatable bonds is 6. The van der Waals surface area contributed by atoms with Crippen LogP contribution in [0.1, 0.15) is 30.4 Å². The number of nitrogens with zero attached hydrogens (tertiary/aromatic N) is 3. The molecule has 0 atom stereocenters. The van der Waals surface area contributed by atoms with Crippen LogP contribution in [-0.4, -0.2) is 21.7 Å². The predicted molar refractivity (Wildman–Crippen MR) is 74.1 cm³/mol. The highest BCUT2D eigenvalue weighted by Crippen LogP contribution is 2.14. The molecule has 0 unspecified atom stereocenters. The van der Waals surface area contributed by atoms with Crippen LogP contribution in [0.15, 0.2) is 16.8 Å². The van der Waals surface area contributed by atoms with Gasteiger partial charge in [-0.3, -0.25) is 0 Å². The molecular formula is C13H19N5O. The summed E-state index contributed by atoms with van der Waals surface area (Å²) in [5.74, 6) is 2.27. The summed E-state index contributed by atoms with van der Waals surface area (Å²) < 4.78 is 5.13. The van der Waals surface area contributed by atoms with Crippen molar-refractivity contribution in [1.82, 2.24) is 15.1 Å². The normalized spacial score (nSPS) is 10.5. The van der Waals surface area contributed by atoms with E-state index in [2.05, 4.69) is 32.7 Å². The number of hydrogen-bond donors (Lipinski definition) is 2. The first kappa shape index (κ1) is 13.3. The Morgan fingerprint density at radius 2 is 2.11 bits per heavy atom. The van der Waals surface area contributed by atoms with Crippen LogP contribution in [-0.2, 0) is 6.54 Å². The van der Waals surface area contributed by atoms with Gasteiger partial charge in [0.2, 0.25) is 5.95 Å². The van der Waals surface area contributed by atoms with Crippen molar-refractivity contribution in [2.45, 2.75) is 33.7 Å². The molecule has 2 heterocycles. The minimum atomic E-state index is 0.644. The van der Waals surface area contributed by atoms with Crippen molar-refractivity contribution < 1.29 is 4.52 Å². The fourth-order valence-electron chi connectivity index (χ4n) is 1.71. The second-order valence-corrected chi connectivity index (χ2v) is 4.35. The molecule has 0 spiro atoms. The lowest BCUT2D eigenvalue weighted by atomic mass is 10.2. The maximum absolute atomic E-state index is 5.13. The lowest BCUT2D eigenvalue weighted by molar-refractivity contribution is 0.392. The van der Waals surface area contributed by atoms with E-state index in [-0.39, 0.29) is 0 Å². The molecule has 0 aromatic carbocycles. The van der Waals surface area contributed by atoms with Crippen LogP contribution in [0, 0.1) is 13.8 Å². The van der Waals surface area contributed by atoms with Crippen molar-refractivity contribution in [2.24, 2.45) is 0 Å². The summed E-state index contributed by atoms with van der Waals surface area (Å²) in [6.07, 6.45) is 2.78. The summed E-state index contributed by atoms with van der Waals surface area (Å²) >= 11 is 0. The molecule has 6 heteroatoms. The Morgan fingerprint density at radius 1 is 1.26 bits per heavy atom. The lowest BCUT2D eigenvalue weighted by Crippen LogP contribution is -2.07. The Bertz CT molecular complexity index is 518. The predicted octanol–water partition coefficient (Wildman–Crippen LogP) is 2.52. The maximum atomic E-state index is 5.13. The van der Waals surface area contributed by atoms with Crippen LogP contribution in [0.4, 0.5) is 11.8 Å². The van der Waals surface area contributed by atoms with E-state index in [9.17, 15) is 0 Å². The van der Waals surface area contributed by atoms with E-state index in [1.165, 1.54) is 0 Å². The van der Waals surface area contributed by atoms with Gasteiger partial charge in [-0.1, -0.05) is 12.1 Å². The summed E-state index contributed by atoms with van der Waals surface area (Å²) in [4.78, 5) is 8.55. The highest BCUT2D eigenvalue weighted by atomic mass is 16.5. The highest BCUT2D eigenvalue weighted by Gasteiger charge is 2.08. The van der Waals surface area contributed by atoms with Crippen LogP contribution in [0.2, 0.25) is 0 Å². The number of nitrogens with one attached hydrogen (secondary N) is 2. The zero-order valence-electron chi connectivity index (χ0n) is 11.5. The molecule has 2 aromatic heterocycles. The molecular weight excluding hydrogens is 242 g/mol. The van der Waals surface area contributed by atoms with Gasteiger partial charge < -0.3 is 15.2 Å². The Morgan fingerprint density at radius 3 is 2.79 bits per heavy atom. The SMILES string of the molecule is CCCNc1nccc(NCc2c(C)noc2C)n1. The first-order valence-electron chi connectivity index (χ1n) is 6.43. The molecule has 19 heavy (non-hydrogen) atoms. The van der Waals surface area contributed by atoms with Gasteiger partial charge in [0.25, 0.3) is 0 Å². The second kappa shape index (κ2) is 6.17. The molecule has 2 N–H and O–H groups in total. The zero-order valence-corrected chi connectivity index (χ0v) is 11.5. The van der Waals surface area contributed by atoms with Gasteiger partial charge in [0.15, 0.2) is 0 Å². The average Bonchev–Trinajstić information content (AvgIpc) is 2.74. The van der Waals surface area contributed by atoms with Crippen LogP contribution in [0.5, 0.6) is 0 Å². The standard InChI is InChI=1S/C13H19N5O/c1-4-6-14-13-15-7-5-12(17-13)16-8-11-9(2)18-19-10(11)3/h5,7H,4,6,8H2,1-3H3,(H2,14,15,16,17). The Labute approximate surface area is 112 Å². The van der Waals surface area contributed by atoms with E-state index in [1.807, 2.05) is 19.9 Å². The van der Waals surface area contributed by atoms with E-state index in [4.69, 9.17) is 4.52 Å². The monoisotopic (exact) mass is 261 g/mol. The second-order valence-electron chi connectivity index (χ2n) is 4.35. The summed E-state index contributed by atoms with van der Waals surface area (Å²) in [5, 5.41) is 10.3. The topological polar surface area (TPSA) is 75.9 Å². The molecule has 2 rings (SSSR count). The van der Waals surface area contributed by atoms with Gasteiger partial charge in [0, 0.05) is 24.8 Å². The molecule has 6 nitrogen and oxygen atoms in total. The number of aryl methyl sites for hydroxylation is 2. The summed E-state index contributed by atoms with van der Waals surface area (Å²) in [6.45, 7) is 7.46. The van der Waals surface area contributed by atoms with E-state index < -0.39 is 0 Å². The Kier molecular flexibility index (Phi) is 4.33. The first-order chi connectivity index (χ1) is 9.20. The van der Waals surface area contributed by atoms with Crippen molar-refractivity contribution >= 4 is 11.8 Å². The van der Waals surface area contributed by atoms with Crippen molar-refractivity contribution in [3.8, 4) is 0 Å². The molecule has 2 aromatic rings. The molecule has 0 aliphatic carbocycles. The first-order valence-corrected chi connectivity index (χ1v) is 6.43. The lowest BCUT2D eigenvalue weighted by Gasteiger charge is -2.07. The third-order valence-electron chi connectivity index (χ3n) is 2.82. The number of hydrogen-bond acceptors (Lipinski definition) is 6. The smallest absolute Gasteiger partial charge is 0.224 e. The van der Waals surface area contributed by atoms with Gasteiger partial charge in [0.1, 0.15) is 11.6 Å². The van der Waals surface area contributed by atoms with E-state index >= 15 is 0 Å². The minimum Gasteiger partial charge on any atom is -0.366 e. The summed E-state index contributed by atoms with van der Waals surface area (Å²) in [7, 11) is 0. The third kappa shape index (κ3) is 3.43. The average molecular weight is 261 g/mol. The summed E-state index contributed by atoms with van der Waals surface area (Å²) in [5.41, 5.74) is 1.98. The quantitative estimate of drug-likeness (QED) is 0.832. The van der Waals surface area contributed by atoms with Crippen molar-refractivity contribution in [1.29, 1.82) is 0 Å². The van der Waals surface area contributed by atoms with E-state index in [0.29, 0.717) is 12.5 Å². The maximum Gasteiger partial charge on any atom is 0.224 e. The zero-order chi connectivity index (χ0) is 13.7. The Balaban J connectivity index is 1.99. The fraction of sp³-hybridized carbons (Fsp3) is 0.462. The van der Waals surface area contributed by atoms with Gasteiger partial charge in [-0.2, -0.15) is 4.98 Å². The van der Waals surface area contributed by atoms with Crippen molar-refractivity contribution in [3.63, 3.8) is 0 Å². The van der Waals surface area contributed by atoms with Gasteiger partial charge in [0.05, 0.1) is 5.69 Å². The van der Waals surface area contributed by atoms with Gasteiger partial charge in [-0.05, 0) is 26.3 Å². The molecule has 0 saturated heterocycles. The molecule has 0 amide bonds. The van der Waals surface area contributed by atoms with Crippen LogP contribution in [0.25, 0.3) is 0 Å². The van der Waals surface area contributed by atoms with Crippen LogP contribution < -0.4 is 10.6 Å². The largest absolute Gasteiger partial charge is 0.366 e. The number of aromatic nitrogens is 3. The van der Waals surface area contributed by atoms with Gasteiger partial charge >= 0.3 is 0 Å². The molecule has 0 radical (unpaired) electrons. The molecule has 0 bridgehead atoms. The van der Waals surface area contributed by atoms with Crippen molar-refractivity contribution in [3.05, 3.63) is 29.3 Å². The molecule has 0 aliphatic heterocycles. The van der Waals surface area contributed by atoms with Crippen molar-refractivity contribution in [2.75, 3.05) is 17.2 Å².